The average Bonchev–Trinajstić information content (AvgIpc) is 2.93. The molecule has 0 saturated heterocycles. The number of thiophene rings is 1. The number of hydrogen-bond donors (Lipinski definition) is 2. The van der Waals surface area contributed by atoms with Crippen molar-refractivity contribution in [3.63, 3.8) is 0 Å². The maximum Gasteiger partial charge on any atom is 0.0831 e. The Morgan fingerprint density at radius 2 is 2.10 bits per heavy atom. The molecule has 3 rings (SSSR count). The topological polar surface area (TPSA) is 32.3 Å². The fourth-order valence-corrected chi connectivity index (χ4v) is 4.31. The Morgan fingerprint density at radius 1 is 1.38 bits per heavy atom. The zero-order valence-corrected chi connectivity index (χ0v) is 14.3. The van der Waals surface area contributed by atoms with Gasteiger partial charge in [0.1, 0.15) is 0 Å². The van der Waals surface area contributed by atoms with Crippen molar-refractivity contribution < 1.29 is 5.11 Å². The van der Waals surface area contributed by atoms with Crippen molar-refractivity contribution in [2.75, 3.05) is 5.32 Å². The van der Waals surface area contributed by atoms with Gasteiger partial charge in [-0.2, -0.15) is 11.3 Å². The predicted octanol–water partition coefficient (Wildman–Crippen LogP) is 5.05. The number of hydrogen-bond acceptors (Lipinski definition) is 3. The lowest BCUT2D eigenvalue weighted by molar-refractivity contribution is 0.0869. The van der Waals surface area contributed by atoms with Gasteiger partial charge in [-0.1, -0.05) is 18.5 Å². The monoisotopic (exact) mass is 321 g/mol. The molecule has 0 amide bonds. The van der Waals surface area contributed by atoms with Gasteiger partial charge in [0, 0.05) is 22.7 Å². The SMILES string of the molecule is Cc1cc(-c2ccsc2)c(Cl)c2c1NC(C)(C)[C@H](O)[C@H]2C. The molecule has 0 aliphatic carbocycles. The van der Waals surface area contributed by atoms with E-state index in [1.54, 1.807) is 11.3 Å². The van der Waals surface area contributed by atoms with E-state index >= 15 is 0 Å². The van der Waals surface area contributed by atoms with E-state index in [0.29, 0.717) is 0 Å². The van der Waals surface area contributed by atoms with Gasteiger partial charge in [-0.25, -0.2) is 0 Å². The summed E-state index contributed by atoms with van der Waals surface area (Å²) in [5, 5.41) is 19.0. The summed E-state index contributed by atoms with van der Waals surface area (Å²) in [6, 6.07) is 4.22. The van der Waals surface area contributed by atoms with Gasteiger partial charge in [0.15, 0.2) is 0 Å². The van der Waals surface area contributed by atoms with Crippen molar-refractivity contribution in [2.24, 2.45) is 0 Å². The van der Waals surface area contributed by atoms with Gasteiger partial charge in [0.2, 0.25) is 0 Å². The van der Waals surface area contributed by atoms with Crippen LogP contribution in [0.25, 0.3) is 11.1 Å². The molecule has 4 heteroatoms. The van der Waals surface area contributed by atoms with E-state index in [-0.39, 0.29) is 11.5 Å². The molecule has 1 aromatic carbocycles. The summed E-state index contributed by atoms with van der Waals surface area (Å²) in [5.41, 5.74) is 5.11. The highest BCUT2D eigenvalue weighted by atomic mass is 35.5. The summed E-state index contributed by atoms with van der Waals surface area (Å²) >= 11 is 8.36. The molecule has 0 unspecified atom stereocenters. The summed E-state index contributed by atoms with van der Waals surface area (Å²) in [4.78, 5) is 0. The van der Waals surface area contributed by atoms with Crippen LogP contribution < -0.4 is 5.32 Å². The maximum atomic E-state index is 10.6. The number of aliphatic hydroxyl groups excluding tert-OH is 1. The maximum absolute atomic E-state index is 10.6. The second-order valence-electron chi connectivity index (χ2n) is 6.44. The number of anilines is 1. The quantitative estimate of drug-likeness (QED) is 0.770. The molecule has 2 N–H and O–H groups in total. The molecule has 2 aromatic rings. The normalized spacial score (nSPS) is 23.5. The van der Waals surface area contributed by atoms with Crippen molar-refractivity contribution in [3.8, 4) is 11.1 Å². The number of aliphatic hydroxyl groups is 1. The molecule has 0 saturated carbocycles. The lowest BCUT2D eigenvalue weighted by atomic mass is 9.77. The Bertz CT molecular complexity index is 679. The molecule has 2 heterocycles. The number of halogens is 1. The molecule has 2 nitrogen and oxygen atoms in total. The number of rotatable bonds is 1. The zero-order valence-electron chi connectivity index (χ0n) is 12.7. The van der Waals surface area contributed by atoms with Crippen LogP contribution in [0.15, 0.2) is 22.9 Å². The number of fused-ring (bicyclic) bond motifs is 1. The van der Waals surface area contributed by atoms with Crippen molar-refractivity contribution in [1.29, 1.82) is 0 Å². The Kier molecular flexibility index (Phi) is 3.55. The van der Waals surface area contributed by atoms with Gasteiger partial charge in [0.05, 0.1) is 16.7 Å². The van der Waals surface area contributed by atoms with Crippen molar-refractivity contribution in [2.45, 2.75) is 45.3 Å². The third kappa shape index (κ3) is 2.28. The molecule has 0 fully saturated rings. The van der Waals surface area contributed by atoms with Crippen LogP contribution in [-0.2, 0) is 0 Å². The summed E-state index contributed by atoms with van der Waals surface area (Å²) in [6.45, 7) is 8.20. The average molecular weight is 322 g/mol. The smallest absolute Gasteiger partial charge is 0.0831 e. The molecular weight excluding hydrogens is 302 g/mol. The van der Waals surface area contributed by atoms with Gasteiger partial charge in [-0.3, -0.25) is 0 Å². The van der Waals surface area contributed by atoms with E-state index in [0.717, 1.165) is 27.4 Å². The number of nitrogens with one attached hydrogen (secondary N) is 1. The van der Waals surface area contributed by atoms with Crippen LogP contribution >= 0.6 is 22.9 Å². The first-order valence-electron chi connectivity index (χ1n) is 7.14. The first kappa shape index (κ1) is 14.9. The van der Waals surface area contributed by atoms with E-state index in [2.05, 4.69) is 42.1 Å². The van der Waals surface area contributed by atoms with Crippen molar-refractivity contribution in [1.82, 2.24) is 0 Å². The Morgan fingerprint density at radius 3 is 2.71 bits per heavy atom. The van der Waals surface area contributed by atoms with Gasteiger partial charge >= 0.3 is 0 Å². The molecule has 0 bridgehead atoms. The fraction of sp³-hybridized carbons (Fsp3) is 0.412. The molecule has 0 radical (unpaired) electrons. The van der Waals surface area contributed by atoms with Gasteiger partial charge in [-0.05, 0) is 54.8 Å². The Hall–Kier alpha value is -1.03. The largest absolute Gasteiger partial charge is 0.390 e. The summed E-state index contributed by atoms with van der Waals surface area (Å²) in [5.74, 6) is 0.000959. The van der Waals surface area contributed by atoms with Crippen LogP contribution in [0.4, 0.5) is 5.69 Å². The predicted molar refractivity (Wildman–Crippen MR) is 91.6 cm³/mol. The Labute approximate surface area is 134 Å². The summed E-state index contributed by atoms with van der Waals surface area (Å²) in [6.07, 6.45) is -0.473. The minimum atomic E-state index is -0.473. The van der Waals surface area contributed by atoms with Crippen LogP contribution in [0.3, 0.4) is 0 Å². The molecule has 0 spiro atoms. The van der Waals surface area contributed by atoms with Gasteiger partial charge < -0.3 is 10.4 Å². The van der Waals surface area contributed by atoms with E-state index in [4.69, 9.17) is 11.6 Å². The van der Waals surface area contributed by atoms with Gasteiger partial charge in [-0.15, -0.1) is 0 Å². The van der Waals surface area contributed by atoms with Crippen LogP contribution in [0.5, 0.6) is 0 Å². The zero-order chi connectivity index (χ0) is 15.4. The van der Waals surface area contributed by atoms with Crippen LogP contribution in [0.2, 0.25) is 5.02 Å². The summed E-state index contributed by atoms with van der Waals surface area (Å²) < 4.78 is 0. The molecule has 21 heavy (non-hydrogen) atoms. The first-order valence-corrected chi connectivity index (χ1v) is 8.47. The van der Waals surface area contributed by atoms with E-state index in [9.17, 15) is 5.11 Å². The number of benzene rings is 1. The molecule has 1 aliphatic heterocycles. The molecule has 112 valence electrons. The second kappa shape index (κ2) is 5.01. The van der Waals surface area contributed by atoms with Crippen LogP contribution in [0, 0.1) is 6.92 Å². The highest BCUT2D eigenvalue weighted by molar-refractivity contribution is 7.08. The molecule has 2 atom stereocenters. The van der Waals surface area contributed by atoms with Crippen LogP contribution in [-0.4, -0.2) is 16.7 Å². The van der Waals surface area contributed by atoms with Crippen molar-refractivity contribution >= 4 is 28.6 Å². The third-order valence-corrected chi connectivity index (χ3v) is 5.54. The van der Waals surface area contributed by atoms with Gasteiger partial charge in [0.25, 0.3) is 0 Å². The van der Waals surface area contributed by atoms with E-state index < -0.39 is 6.10 Å². The number of aryl methyl sites for hydroxylation is 1. The standard InChI is InChI=1S/C17H20ClNOS/c1-9-7-12(11-5-6-21-8-11)14(18)13-10(2)16(20)17(3,4)19-15(9)13/h5-8,10,16,19-20H,1-4H3/t10-,16+/m0/s1. The minimum Gasteiger partial charge on any atom is -0.390 e. The van der Waals surface area contributed by atoms with Crippen molar-refractivity contribution in [3.05, 3.63) is 39.0 Å². The second-order valence-corrected chi connectivity index (χ2v) is 7.59. The lowest BCUT2D eigenvalue weighted by Crippen LogP contribution is -2.50. The Balaban J connectivity index is 2.24. The minimum absolute atomic E-state index is 0.000959. The molecule has 1 aliphatic rings. The first-order chi connectivity index (χ1) is 9.83. The fourth-order valence-electron chi connectivity index (χ4n) is 3.22. The van der Waals surface area contributed by atoms with E-state index in [1.807, 2.05) is 13.8 Å². The van der Waals surface area contributed by atoms with E-state index in [1.165, 1.54) is 5.56 Å². The summed E-state index contributed by atoms with van der Waals surface area (Å²) in [7, 11) is 0. The lowest BCUT2D eigenvalue weighted by Gasteiger charge is -2.43. The molecule has 1 aromatic heterocycles. The highest BCUT2D eigenvalue weighted by Crippen LogP contribution is 2.47. The van der Waals surface area contributed by atoms with Crippen LogP contribution in [0.1, 0.15) is 37.8 Å². The highest BCUT2D eigenvalue weighted by Gasteiger charge is 2.40. The molecular formula is C17H20ClNOS. The third-order valence-electron chi connectivity index (χ3n) is 4.45.